The summed E-state index contributed by atoms with van der Waals surface area (Å²) in [5.41, 5.74) is 1.20. The third kappa shape index (κ3) is 5.70. The lowest BCUT2D eigenvalue weighted by Crippen LogP contribution is -2.52. The van der Waals surface area contributed by atoms with Crippen molar-refractivity contribution in [3.05, 3.63) is 65.7 Å². The minimum absolute atomic E-state index is 0.0669. The lowest BCUT2D eigenvalue weighted by Gasteiger charge is -2.38. The van der Waals surface area contributed by atoms with Crippen molar-refractivity contribution in [3.8, 4) is 6.07 Å². The molecule has 1 N–H and O–H groups in total. The van der Waals surface area contributed by atoms with Crippen LogP contribution in [0.15, 0.2) is 59.5 Å². The summed E-state index contributed by atoms with van der Waals surface area (Å²) in [5, 5.41) is 9.39. The summed E-state index contributed by atoms with van der Waals surface area (Å²) in [4.78, 5) is 16.8. The van der Waals surface area contributed by atoms with Gasteiger partial charge in [0, 0.05) is 38.3 Å². The van der Waals surface area contributed by atoms with Crippen LogP contribution in [-0.4, -0.2) is 56.3 Å². The molecule has 0 saturated carbocycles. The number of carbonyl (C=O) groups is 1. The Hall–Kier alpha value is -2.73. The van der Waals surface area contributed by atoms with Crippen LogP contribution >= 0.6 is 0 Å². The lowest BCUT2D eigenvalue weighted by atomic mass is 10.0. The molecule has 1 aliphatic heterocycles. The first-order chi connectivity index (χ1) is 14.8. The Labute approximate surface area is 184 Å². The van der Waals surface area contributed by atoms with Crippen molar-refractivity contribution in [2.45, 2.75) is 31.3 Å². The number of sulfonamides is 1. The van der Waals surface area contributed by atoms with Gasteiger partial charge >= 0.3 is 0 Å². The fourth-order valence-corrected chi connectivity index (χ4v) is 4.76. The molecule has 0 aromatic heterocycles. The summed E-state index contributed by atoms with van der Waals surface area (Å²) in [7, 11) is -3.74. The van der Waals surface area contributed by atoms with Gasteiger partial charge in [0.05, 0.1) is 11.0 Å². The van der Waals surface area contributed by atoms with Crippen LogP contribution in [-0.2, 0) is 16.6 Å². The maximum absolute atomic E-state index is 13.0. The van der Waals surface area contributed by atoms with Gasteiger partial charge in [-0.15, -0.1) is 0 Å². The van der Waals surface area contributed by atoms with Crippen LogP contribution in [0.1, 0.15) is 29.8 Å². The molecule has 7 nitrogen and oxygen atoms in total. The summed E-state index contributed by atoms with van der Waals surface area (Å²) < 4.78 is 28.0. The molecule has 1 unspecified atom stereocenters. The van der Waals surface area contributed by atoms with Gasteiger partial charge in [0.1, 0.15) is 6.04 Å². The number of rotatable bonds is 7. The van der Waals surface area contributed by atoms with Crippen molar-refractivity contribution in [1.29, 1.82) is 5.26 Å². The predicted molar refractivity (Wildman–Crippen MR) is 119 cm³/mol. The Kier molecular flexibility index (Phi) is 7.44. The monoisotopic (exact) mass is 440 g/mol. The molecule has 164 valence electrons. The molecule has 1 atom stereocenters. The van der Waals surface area contributed by atoms with Crippen LogP contribution in [0.2, 0.25) is 0 Å². The first-order valence-corrected chi connectivity index (χ1v) is 11.9. The topological polar surface area (TPSA) is 93.5 Å². The number of nitriles is 1. The fourth-order valence-electron chi connectivity index (χ4n) is 3.69. The number of benzene rings is 2. The molecule has 1 aliphatic rings. The molecule has 0 aliphatic carbocycles. The van der Waals surface area contributed by atoms with Gasteiger partial charge in [-0.25, -0.2) is 13.1 Å². The smallest absolute Gasteiger partial charge is 0.253 e. The Bertz CT molecular complexity index is 1040. The van der Waals surface area contributed by atoms with Gasteiger partial charge in [-0.3, -0.25) is 9.69 Å². The number of piperazine rings is 1. The predicted octanol–water partition coefficient (Wildman–Crippen LogP) is 2.47. The standard InChI is InChI=1S/C23H28N4O3S/c1-18(2)22(16-24)26-11-13-27(14-12-26)23(28)20-9-6-10-21(15-20)31(29,30)25-17-19-7-4-3-5-8-19/h3-10,15,18,22,25H,11-14,17H2,1-2H3. The quantitative estimate of drug-likeness (QED) is 0.714. The summed E-state index contributed by atoms with van der Waals surface area (Å²) in [6, 6.07) is 17.6. The first-order valence-electron chi connectivity index (χ1n) is 10.4. The Morgan fingerprint density at radius 2 is 1.74 bits per heavy atom. The Morgan fingerprint density at radius 3 is 2.35 bits per heavy atom. The Morgan fingerprint density at radius 1 is 1.06 bits per heavy atom. The molecule has 1 amide bonds. The van der Waals surface area contributed by atoms with E-state index in [1.54, 1.807) is 17.0 Å². The number of hydrogen-bond donors (Lipinski definition) is 1. The first kappa shape index (κ1) is 22.9. The van der Waals surface area contributed by atoms with Crippen LogP contribution < -0.4 is 4.72 Å². The molecule has 8 heteroatoms. The van der Waals surface area contributed by atoms with E-state index in [0.717, 1.165) is 5.56 Å². The summed E-state index contributed by atoms with van der Waals surface area (Å²) >= 11 is 0. The summed E-state index contributed by atoms with van der Waals surface area (Å²) in [6.45, 7) is 6.48. The zero-order valence-corrected chi connectivity index (χ0v) is 18.7. The molecule has 0 spiro atoms. The second kappa shape index (κ2) is 10.1. The van der Waals surface area contributed by atoms with Gasteiger partial charge in [0.2, 0.25) is 10.0 Å². The van der Waals surface area contributed by atoms with Gasteiger partial charge in [0.15, 0.2) is 0 Å². The largest absolute Gasteiger partial charge is 0.336 e. The van der Waals surface area contributed by atoms with Gasteiger partial charge in [-0.1, -0.05) is 50.2 Å². The highest BCUT2D eigenvalue weighted by Crippen LogP contribution is 2.17. The van der Waals surface area contributed by atoms with E-state index in [9.17, 15) is 18.5 Å². The average molecular weight is 441 g/mol. The van der Waals surface area contributed by atoms with Gasteiger partial charge in [-0.05, 0) is 29.7 Å². The molecule has 31 heavy (non-hydrogen) atoms. The van der Waals surface area contributed by atoms with Gasteiger partial charge in [-0.2, -0.15) is 5.26 Å². The molecular formula is C23H28N4O3S. The third-order valence-electron chi connectivity index (χ3n) is 5.46. The SMILES string of the molecule is CC(C)C(C#N)N1CCN(C(=O)c2cccc(S(=O)(=O)NCc3ccccc3)c2)CC1. The zero-order valence-electron chi connectivity index (χ0n) is 17.9. The highest BCUT2D eigenvalue weighted by Gasteiger charge is 2.28. The van der Waals surface area contributed by atoms with Crippen molar-refractivity contribution < 1.29 is 13.2 Å². The maximum atomic E-state index is 13.0. The van der Waals surface area contributed by atoms with E-state index in [0.29, 0.717) is 31.7 Å². The fraction of sp³-hybridized carbons (Fsp3) is 0.391. The molecule has 0 radical (unpaired) electrons. The van der Waals surface area contributed by atoms with Crippen molar-refractivity contribution in [2.75, 3.05) is 26.2 Å². The minimum atomic E-state index is -3.74. The minimum Gasteiger partial charge on any atom is -0.336 e. The van der Waals surface area contributed by atoms with Crippen molar-refractivity contribution >= 4 is 15.9 Å². The van der Waals surface area contributed by atoms with E-state index in [-0.39, 0.29) is 29.3 Å². The molecule has 1 saturated heterocycles. The normalized spacial score (nSPS) is 16.1. The van der Waals surface area contributed by atoms with Crippen LogP contribution in [0, 0.1) is 17.2 Å². The maximum Gasteiger partial charge on any atom is 0.253 e. The zero-order chi connectivity index (χ0) is 22.4. The summed E-state index contributed by atoms with van der Waals surface area (Å²) in [5.74, 6) is 0.0235. The second-order valence-corrected chi connectivity index (χ2v) is 9.75. The van der Waals surface area contributed by atoms with E-state index in [1.165, 1.54) is 12.1 Å². The highest BCUT2D eigenvalue weighted by atomic mass is 32.2. The van der Waals surface area contributed by atoms with Crippen LogP contribution in [0.25, 0.3) is 0 Å². The molecule has 3 rings (SSSR count). The van der Waals surface area contributed by atoms with E-state index < -0.39 is 10.0 Å². The van der Waals surface area contributed by atoms with E-state index >= 15 is 0 Å². The Balaban J connectivity index is 1.66. The second-order valence-electron chi connectivity index (χ2n) is 7.98. The third-order valence-corrected chi connectivity index (χ3v) is 6.86. The molecule has 1 heterocycles. The number of nitrogens with zero attached hydrogens (tertiary/aromatic N) is 3. The van der Waals surface area contributed by atoms with Gasteiger partial charge in [0.25, 0.3) is 5.91 Å². The van der Waals surface area contributed by atoms with Crippen molar-refractivity contribution in [2.24, 2.45) is 5.92 Å². The lowest BCUT2D eigenvalue weighted by molar-refractivity contribution is 0.0576. The van der Waals surface area contributed by atoms with E-state index in [2.05, 4.69) is 15.7 Å². The molecule has 0 bridgehead atoms. The molecule has 2 aromatic rings. The van der Waals surface area contributed by atoms with Crippen LogP contribution in [0.3, 0.4) is 0 Å². The molecular weight excluding hydrogens is 412 g/mol. The van der Waals surface area contributed by atoms with E-state index in [1.807, 2.05) is 44.2 Å². The molecule has 1 fully saturated rings. The van der Waals surface area contributed by atoms with Crippen LogP contribution in [0.5, 0.6) is 0 Å². The number of nitrogens with one attached hydrogen (secondary N) is 1. The van der Waals surface area contributed by atoms with E-state index in [4.69, 9.17) is 0 Å². The van der Waals surface area contributed by atoms with Gasteiger partial charge < -0.3 is 4.90 Å². The number of carbonyl (C=O) groups excluding carboxylic acids is 1. The number of hydrogen-bond acceptors (Lipinski definition) is 5. The van der Waals surface area contributed by atoms with Crippen molar-refractivity contribution in [3.63, 3.8) is 0 Å². The highest BCUT2D eigenvalue weighted by molar-refractivity contribution is 7.89. The average Bonchev–Trinajstić information content (AvgIpc) is 2.79. The van der Waals surface area contributed by atoms with Crippen LogP contribution in [0.4, 0.5) is 0 Å². The van der Waals surface area contributed by atoms with Crippen molar-refractivity contribution in [1.82, 2.24) is 14.5 Å². The summed E-state index contributed by atoms with van der Waals surface area (Å²) in [6.07, 6.45) is 0. The molecule has 2 aromatic carbocycles. The number of amides is 1.